The highest BCUT2D eigenvalue weighted by molar-refractivity contribution is 7.89. The van der Waals surface area contributed by atoms with Crippen LogP contribution in [0.25, 0.3) is 0 Å². The van der Waals surface area contributed by atoms with Crippen LogP contribution in [0.2, 0.25) is 0 Å². The van der Waals surface area contributed by atoms with Gasteiger partial charge in [-0.25, -0.2) is 12.8 Å². The molecular weight excluding hydrogens is 399 g/mol. The van der Waals surface area contributed by atoms with Crippen LogP contribution in [-0.4, -0.2) is 38.5 Å². The first-order chi connectivity index (χ1) is 13.9. The Balaban J connectivity index is 1.38. The maximum absolute atomic E-state index is 13.1. The summed E-state index contributed by atoms with van der Waals surface area (Å²) in [5, 5.41) is 2.87. The lowest BCUT2D eigenvalue weighted by molar-refractivity contribution is -0.126. The molecule has 7 nitrogen and oxygen atoms in total. The third kappa shape index (κ3) is 4.20. The first-order valence-corrected chi connectivity index (χ1v) is 10.8. The summed E-state index contributed by atoms with van der Waals surface area (Å²) in [6.45, 7) is 0.945. The molecule has 2 aliphatic heterocycles. The Labute approximate surface area is 168 Å². The molecule has 29 heavy (non-hydrogen) atoms. The largest absolute Gasteiger partial charge is 0.454 e. The standard InChI is InChI=1S/C20H21FN2O5S/c21-16-4-6-17(7-5-16)29(25,26)23-9-1-2-15(12-23)20(24)22-11-14-3-8-18-19(10-14)28-13-27-18/h3-8,10,15H,1-2,9,11-13H2,(H,22,24)/t15-/m1/s1. The van der Waals surface area contributed by atoms with Gasteiger partial charge in [0.2, 0.25) is 22.7 Å². The van der Waals surface area contributed by atoms with E-state index in [1.165, 1.54) is 16.4 Å². The molecule has 1 N–H and O–H groups in total. The van der Waals surface area contributed by atoms with Crippen molar-refractivity contribution in [2.24, 2.45) is 5.92 Å². The third-order valence-corrected chi connectivity index (χ3v) is 6.99. The van der Waals surface area contributed by atoms with Crippen molar-refractivity contribution in [3.63, 3.8) is 0 Å². The number of halogens is 1. The second-order valence-electron chi connectivity index (χ2n) is 7.06. The molecule has 9 heteroatoms. The van der Waals surface area contributed by atoms with Crippen molar-refractivity contribution in [3.8, 4) is 11.5 Å². The van der Waals surface area contributed by atoms with Gasteiger partial charge in [-0.05, 0) is 54.8 Å². The summed E-state index contributed by atoms with van der Waals surface area (Å²) in [5.74, 6) is 0.193. The van der Waals surface area contributed by atoms with Gasteiger partial charge in [-0.3, -0.25) is 4.79 Å². The molecule has 2 aromatic carbocycles. The number of piperidine rings is 1. The van der Waals surface area contributed by atoms with E-state index in [2.05, 4.69) is 5.32 Å². The molecule has 4 rings (SSSR count). The second kappa shape index (κ2) is 8.00. The number of benzene rings is 2. The fourth-order valence-corrected chi connectivity index (χ4v) is 5.04. The number of carbonyl (C=O) groups excluding carboxylic acids is 1. The average Bonchev–Trinajstić information content (AvgIpc) is 3.20. The average molecular weight is 420 g/mol. The van der Waals surface area contributed by atoms with E-state index in [0.717, 1.165) is 17.7 Å². The predicted molar refractivity (Wildman–Crippen MR) is 102 cm³/mol. The van der Waals surface area contributed by atoms with Crippen LogP contribution >= 0.6 is 0 Å². The van der Waals surface area contributed by atoms with Crippen molar-refractivity contribution in [3.05, 3.63) is 53.8 Å². The van der Waals surface area contributed by atoms with E-state index in [1.54, 1.807) is 6.07 Å². The van der Waals surface area contributed by atoms with Crippen LogP contribution in [0.15, 0.2) is 47.4 Å². The van der Waals surface area contributed by atoms with Crippen LogP contribution in [0.3, 0.4) is 0 Å². The van der Waals surface area contributed by atoms with E-state index >= 15 is 0 Å². The Kier molecular flexibility index (Phi) is 5.42. The fraction of sp³-hybridized carbons (Fsp3) is 0.350. The van der Waals surface area contributed by atoms with E-state index in [9.17, 15) is 17.6 Å². The van der Waals surface area contributed by atoms with Crippen LogP contribution in [0.4, 0.5) is 4.39 Å². The van der Waals surface area contributed by atoms with Crippen LogP contribution < -0.4 is 14.8 Å². The van der Waals surface area contributed by atoms with Crippen LogP contribution in [0, 0.1) is 11.7 Å². The normalized spacial score (nSPS) is 19.1. The maximum atomic E-state index is 13.1. The van der Waals surface area contributed by atoms with E-state index in [0.29, 0.717) is 37.4 Å². The number of ether oxygens (including phenoxy) is 2. The van der Waals surface area contributed by atoms with Crippen molar-refractivity contribution < 1.29 is 27.1 Å². The lowest BCUT2D eigenvalue weighted by Gasteiger charge is -2.31. The number of rotatable bonds is 5. The summed E-state index contributed by atoms with van der Waals surface area (Å²) < 4.78 is 50.6. The van der Waals surface area contributed by atoms with Crippen LogP contribution in [0.5, 0.6) is 11.5 Å². The Morgan fingerprint density at radius 1 is 1.14 bits per heavy atom. The molecule has 0 bridgehead atoms. The van der Waals surface area contributed by atoms with Gasteiger partial charge in [0.15, 0.2) is 11.5 Å². The van der Waals surface area contributed by atoms with Crippen molar-refractivity contribution in [2.75, 3.05) is 19.9 Å². The Morgan fingerprint density at radius 3 is 2.69 bits per heavy atom. The van der Waals surface area contributed by atoms with Gasteiger partial charge in [0.05, 0.1) is 10.8 Å². The number of carbonyl (C=O) groups is 1. The monoisotopic (exact) mass is 420 g/mol. The molecule has 2 aromatic rings. The van der Waals surface area contributed by atoms with Gasteiger partial charge < -0.3 is 14.8 Å². The van der Waals surface area contributed by atoms with Crippen molar-refractivity contribution in [1.82, 2.24) is 9.62 Å². The molecule has 0 saturated carbocycles. The third-order valence-electron chi connectivity index (χ3n) is 5.11. The van der Waals surface area contributed by atoms with Crippen LogP contribution in [-0.2, 0) is 21.4 Å². The first kappa shape index (κ1) is 19.7. The summed E-state index contributed by atoms with van der Waals surface area (Å²) in [6.07, 6.45) is 1.20. The van der Waals surface area contributed by atoms with Crippen molar-refractivity contribution in [1.29, 1.82) is 0 Å². The fourth-order valence-electron chi connectivity index (χ4n) is 3.51. The highest BCUT2D eigenvalue weighted by Gasteiger charge is 2.33. The summed E-state index contributed by atoms with van der Waals surface area (Å²) >= 11 is 0. The van der Waals surface area contributed by atoms with Gasteiger partial charge in [-0.15, -0.1) is 0 Å². The van der Waals surface area contributed by atoms with Gasteiger partial charge in [0.1, 0.15) is 5.82 Å². The van der Waals surface area contributed by atoms with Crippen molar-refractivity contribution >= 4 is 15.9 Å². The molecule has 154 valence electrons. The molecule has 1 fully saturated rings. The van der Waals surface area contributed by atoms with Crippen LogP contribution in [0.1, 0.15) is 18.4 Å². The minimum Gasteiger partial charge on any atom is -0.454 e. The SMILES string of the molecule is O=C(NCc1ccc2c(c1)OCO2)[C@@H]1CCCN(S(=O)(=O)c2ccc(F)cc2)C1. The van der Waals surface area contributed by atoms with Gasteiger partial charge in [0, 0.05) is 19.6 Å². The molecule has 1 saturated heterocycles. The maximum Gasteiger partial charge on any atom is 0.243 e. The number of sulfonamides is 1. The highest BCUT2D eigenvalue weighted by Crippen LogP contribution is 2.32. The molecule has 0 aromatic heterocycles. The molecule has 1 atom stereocenters. The van der Waals surface area contributed by atoms with Gasteiger partial charge in [-0.1, -0.05) is 6.07 Å². The summed E-state index contributed by atoms with van der Waals surface area (Å²) in [6, 6.07) is 10.2. The molecule has 1 amide bonds. The van der Waals surface area contributed by atoms with Gasteiger partial charge in [-0.2, -0.15) is 4.31 Å². The van der Waals surface area contributed by atoms with Gasteiger partial charge >= 0.3 is 0 Å². The second-order valence-corrected chi connectivity index (χ2v) is 9.00. The van der Waals surface area contributed by atoms with E-state index in [1.807, 2.05) is 12.1 Å². The Hall–Kier alpha value is -2.65. The summed E-state index contributed by atoms with van der Waals surface area (Å²) in [7, 11) is -3.76. The highest BCUT2D eigenvalue weighted by atomic mass is 32.2. The minimum atomic E-state index is -3.76. The topological polar surface area (TPSA) is 84.9 Å². The number of nitrogens with zero attached hydrogens (tertiary/aromatic N) is 1. The zero-order chi connectivity index (χ0) is 20.4. The number of nitrogens with one attached hydrogen (secondary N) is 1. The molecular formula is C20H21FN2O5S. The molecule has 0 aliphatic carbocycles. The van der Waals surface area contributed by atoms with Gasteiger partial charge in [0.25, 0.3) is 0 Å². The zero-order valence-corrected chi connectivity index (χ0v) is 16.5. The molecule has 0 radical (unpaired) electrons. The smallest absolute Gasteiger partial charge is 0.243 e. The molecule has 2 aliphatic rings. The number of hydrogen-bond donors (Lipinski definition) is 1. The van der Waals surface area contributed by atoms with E-state index in [-0.39, 0.29) is 24.1 Å². The van der Waals surface area contributed by atoms with E-state index in [4.69, 9.17) is 9.47 Å². The number of hydrogen-bond acceptors (Lipinski definition) is 5. The first-order valence-electron chi connectivity index (χ1n) is 9.35. The summed E-state index contributed by atoms with van der Waals surface area (Å²) in [4.78, 5) is 12.6. The Morgan fingerprint density at radius 2 is 1.90 bits per heavy atom. The quantitative estimate of drug-likeness (QED) is 0.802. The number of fused-ring (bicyclic) bond motifs is 1. The minimum absolute atomic E-state index is 0.0281. The molecule has 0 spiro atoms. The van der Waals surface area contributed by atoms with E-state index < -0.39 is 21.8 Å². The predicted octanol–water partition coefficient (Wildman–Crippen LogP) is 2.27. The van der Waals surface area contributed by atoms with Crippen molar-refractivity contribution in [2.45, 2.75) is 24.3 Å². The molecule has 2 heterocycles. The number of amides is 1. The lowest BCUT2D eigenvalue weighted by Crippen LogP contribution is -2.45. The molecule has 0 unspecified atom stereocenters. The zero-order valence-electron chi connectivity index (χ0n) is 15.6. The summed E-state index contributed by atoms with van der Waals surface area (Å²) in [5.41, 5.74) is 0.870. The Bertz CT molecular complexity index is 1010. The lowest BCUT2D eigenvalue weighted by atomic mass is 9.98.